The molecule has 1 N–H and O–H groups in total. The Morgan fingerprint density at radius 1 is 0.882 bits per heavy atom. The van der Waals surface area contributed by atoms with Crippen LogP contribution in [-0.4, -0.2) is 13.0 Å². The van der Waals surface area contributed by atoms with Gasteiger partial charge in [-0.25, -0.2) is 0 Å². The largest absolute Gasteiger partial charge is 0.285 e. The molecule has 3 nitrogen and oxygen atoms in total. The van der Waals surface area contributed by atoms with E-state index in [1.807, 2.05) is 20.8 Å². The first kappa shape index (κ1) is 14.2. The Morgan fingerprint density at radius 2 is 1.35 bits per heavy atom. The molecule has 0 unspecified atom stereocenters. The normalized spacial score (nSPS) is 11.9. The minimum absolute atomic E-state index is 0.293. The van der Waals surface area contributed by atoms with Crippen molar-refractivity contribution < 1.29 is 13.0 Å². The first-order valence-electron chi connectivity index (χ1n) is 5.72. The third-order valence-corrected chi connectivity index (χ3v) is 4.27. The van der Waals surface area contributed by atoms with Gasteiger partial charge in [0.2, 0.25) is 0 Å². The average Bonchev–Trinajstić information content (AvgIpc) is 2.21. The highest BCUT2D eigenvalue weighted by molar-refractivity contribution is 7.85. The van der Waals surface area contributed by atoms with E-state index in [1.54, 1.807) is 0 Å². The second kappa shape index (κ2) is 4.78. The van der Waals surface area contributed by atoms with Crippen molar-refractivity contribution in [3.05, 3.63) is 33.4 Å². The number of benzene rings is 1. The second-order valence-corrected chi connectivity index (χ2v) is 5.99. The summed E-state index contributed by atoms with van der Waals surface area (Å²) in [6, 6.07) is 0. The average molecular weight is 256 g/mol. The Hall–Kier alpha value is -0.870. The maximum Gasteiger partial charge on any atom is 0.269 e. The summed E-state index contributed by atoms with van der Waals surface area (Å²) in [6.45, 7) is 9.96. The highest BCUT2D eigenvalue weighted by Gasteiger charge is 2.17. The summed E-state index contributed by atoms with van der Waals surface area (Å²) in [5, 5.41) is 0. The molecular formula is C13H20O3S. The molecule has 0 aliphatic rings. The van der Waals surface area contributed by atoms with Crippen LogP contribution in [0.3, 0.4) is 0 Å². The molecule has 0 saturated heterocycles. The standard InChI is InChI=1S/C13H20O3S/c1-6-12-9(3)8(2)10(4)13(11(12)5)7-17(14,15)16/h6-7H2,1-5H3,(H,14,15,16). The maximum absolute atomic E-state index is 11.1. The lowest BCUT2D eigenvalue weighted by atomic mass is 9.88. The molecule has 0 aliphatic heterocycles. The van der Waals surface area contributed by atoms with Crippen molar-refractivity contribution in [1.29, 1.82) is 0 Å². The molecule has 96 valence electrons. The van der Waals surface area contributed by atoms with Gasteiger partial charge in [-0.2, -0.15) is 8.42 Å². The lowest BCUT2D eigenvalue weighted by Crippen LogP contribution is -2.10. The molecule has 0 spiro atoms. The highest BCUT2D eigenvalue weighted by Crippen LogP contribution is 2.28. The van der Waals surface area contributed by atoms with Crippen LogP contribution in [0.5, 0.6) is 0 Å². The van der Waals surface area contributed by atoms with E-state index in [-0.39, 0.29) is 5.75 Å². The first-order chi connectivity index (χ1) is 7.69. The van der Waals surface area contributed by atoms with Crippen molar-refractivity contribution in [1.82, 2.24) is 0 Å². The molecule has 0 bridgehead atoms. The van der Waals surface area contributed by atoms with Gasteiger partial charge in [0.1, 0.15) is 5.75 Å². The van der Waals surface area contributed by atoms with E-state index in [0.29, 0.717) is 0 Å². The lowest BCUT2D eigenvalue weighted by molar-refractivity contribution is 0.482. The van der Waals surface area contributed by atoms with Crippen LogP contribution in [0.15, 0.2) is 0 Å². The van der Waals surface area contributed by atoms with Crippen molar-refractivity contribution in [2.24, 2.45) is 0 Å². The quantitative estimate of drug-likeness (QED) is 0.846. The zero-order valence-electron chi connectivity index (χ0n) is 11.1. The molecule has 1 aromatic carbocycles. The van der Waals surface area contributed by atoms with Crippen LogP contribution < -0.4 is 0 Å². The topological polar surface area (TPSA) is 54.4 Å². The predicted octanol–water partition coefficient (Wildman–Crippen LogP) is 2.87. The molecule has 0 radical (unpaired) electrons. The zero-order chi connectivity index (χ0) is 13.4. The van der Waals surface area contributed by atoms with Gasteiger partial charge in [-0.15, -0.1) is 0 Å². The summed E-state index contributed by atoms with van der Waals surface area (Å²) in [6.07, 6.45) is 0.872. The summed E-state index contributed by atoms with van der Waals surface area (Å²) < 4.78 is 31.1. The number of rotatable bonds is 3. The molecule has 1 aromatic rings. The molecule has 17 heavy (non-hydrogen) atoms. The molecule has 1 rings (SSSR count). The van der Waals surface area contributed by atoms with E-state index >= 15 is 0 Å². The third-order valence-electron chi connectivity index (χ3n) is 3.62. The van der Waals surface area contributed by atoms with Crippen molar-refractivity contribution in [3.63, 3.8) is 0 Å². The number of hydrogen-bond acceptors (Lipinski definition) is 2. The van der Waals surface area contributed by atoms with Gasteiger partial charge in [-0.1, -0.05) is 6.92 Å². The van der Waals surface area contributed by atoms with Gasteiger partial charge in [0.05, 0.1) is 0 Å². The van der Waals surface area contributed by atoms with Gasteiger partial charge in [0.25, 0.3) is 10.1 Å². The highest BCUT2D eigenvalue weighted by atomic mass is 32.2. The van der Waals surface area contributed by atoms with Gasteiger partial charge in [0, 0.05) is 0 Å². The molecule has 0 amide bonds. The lowest BCUT2D eigenvalue weighted by Gasteiger charge is -2.19. The third kappa shape index (κ3) is 2.87. The maximum atomic E-state index is 11.1. The van der Waals surface area contributed by atoms with Crippen molar-refractivity contribution >= 4 is 10.1 Å². The Balaban J connectivity index is 3.56. The summed E-state index contributed by atoms with van der Waals surface area (Å²) in [5.74, 6) is -0.293. The van der Waals surface area contributed by atoms with Crippen LogP contribution in [0.2, 0.25) is 0 Å². The number of hydrogen-bond donors (Lipinski definition) is 1. The van der Waals surface area contributed by atoms with Crippen molar-refractivity contribution in [2.45, 2.75) is 46.8 Å². The van der Waals surface area contributed by atoms with Crippen LogP contribution in [0.4, 0.5) is 0 Å². The Morgan fingerprint density at radius 3 is 1.76 bits per heavy atom. The zero-order valence-corrected chi connectivity index (χ0v) is 11.9. The van der Waals surface area contributed by atoms with E-state index in [9.17, 15) is 8.42 Å². The summed E-state index contributed by atoms with van der Waals surface area (Å²) in [7, 11) is -3.98. The first-order valence-corrected chi connectivity index (χ1v) is 7.33. The fourth-order valence-corrected chi connectivity index (χ4v) is 3.21. The molecule has 0 atom stereocenters. The monoisotopic (exact) mass is 256 g/mol. The van der Waals surface area contributed by atoms with Crippen LogP contribution in [0.1, 0.15) is 40.3 Å². The van der Waals surface area contributed by atoms with Crippen molar-refractivity contribution in [2.75, 3.05) is 0 Å². The fraction of sp³-hybridized carbons (Fsp3) is 0.538. The van der Waals surface area contributed by atoms with Crippen LogP contribution in [0.25, 0.3) is 0 Å². The molecule has 0 aliphatic carbocycles. The van der Waals surface area contributed by atoms with E-state index < -0.39 is 10.1 Å². The summed E-state index contributed by atoms with van der Waals surface area (Å²) >= 11 is 0. The predicted molar refractivity (Wildman–Crippen MR) is 70.0 cm³/mol. The van der Waals surface area contributed by atoms with E-state index in [2.05, 4.69) is 13.8 Å². The Bertz CT molecular complexity index is 543. The Kier molecular flexibility index (Phi) is 3.99. The summed E-state index contributed by atoms with van der Waals surface area (Å²) in [4.78, 5) is 0. The Labute approximate surface area is 104 Å². The van der Waals surface area contributed by atoms with Crippen LogP contribution >= 0.6 is 0 Å². The van der Waals surface area contributed by atoms with Gasteiger partial charge in [-0.05, 0) is 67.5 Å². The summed E-state index contributed by atoms with van der Waals surface area (Å²) in [5.41, 5.74) is 6.23. The van der Waals surface area contributed by atoms with Gasteiger partial charge in [0.15, 0.2) is 0 Å². The fourth-order valence-electron chi connectivity index (χ4n) is 2.41. The van der Waals surface area contributed by atoms with E-state index in [1.165, 1.54) is 11.1 Å². The smallest absolute Gasteiger partial charge is 0.269 e. The molecule has 0 aromatic heterocycles. The van der Waals surface area contributed by atoms with E-state index in [0.717, 1.165) is 28.7 Å². The molecule has 0 saturated carbocycles. The molecule has 0 fully saturated rings. The molecule has 0 heterocycles. The van der Waals surface area contributed by atoms with E-state index in [4.69, 9.17) is 4.55 Å². The SMILES string of the molecule is CCc1c(C)c(C)c(C)c(CS(=O)(=O)O)c1C. The van der Waals surface area contributed by atoms with Gasteiger partial charge in [-0.3, -0.25) is 4.55 Å². The van der Waals surface area contributed by atoms with Gasteiger partial charge >= 0.3 is 0 Å². The minimum atomic E-state index is -3.98. The van der Waals surface area contributed by atoms with Crippen molar-refractivity contribution in [3.8, 4) is 0 Å². The second-order valence-electron chi connectivity index (χ2n) is 4.54. The molecule has 4 heteroatoms. The van der Waals surface area contributed by atoms with Gasteiger partial charge < -0.3 is 0 Å². The van der Waals surface area contributed by atoms with Crippen LogP contribution in [-0.2, 0) is 22.3 Å². The van der Waals surface area contributed by atoms with Crippen LogP contribution in [0, 0.1) is 27.7 Å². The minimum Gasteiger partial charge on any atom is -0.285 e. The molecular weight excluding hydrogens is 236 g/mol.